The van der Waals surface area contributed by atoms with Crippen LogP contribution in [0.15, 0.2) is 134 Å². The van der Waals surface area contributed by atoms with Gasteiger partial charge in [0.05, 0.1) is 33.8 Å². The zero-order chi connectivity index (χ0) is 42.9. The summed E-state index contributed by atoms with van der Waals surface area (Å²) in [5, 5.41) is 2.79. The van der Waals surface area contributed by atoms with Gasteiger partial charge in [0.15, 0.2) is 0 Å². The number of fused-ring (bicyclic) bond motifs is 12. The molecule has 8 aromatic rings. The molecule has 10 rings (SSSR count). The first kappa shape index (κ1) is 43.1. The number of rotatable bonds is 15. The Labute approximate surface area is 372 Å². The molecular weight excluding hydrogens is 771 g/mol. The van der Waals surface area contributed by atoms with Crippen molar-refractivity contribution in [3.63, 3.8) is 0 Å². The number of H-pyrrole nitrogens is 2. The van der Waals surface area contributed by atoms with E-state index in [1.807, 2.05) is 66.8 Å². The molecule has 0 aliphatic carbocycles. The predicted molar refractivity (Wildman–Crippen MR) is 268 cm³/mol. The second-order valence-electron chi connectivity index (χ2n) is 16.7. The maximum Gasteiger partial charge on any atom is 0.0886 e. The van der Waals surface area contributed by atoms with Gasteiger partial charge < -0.3 is 14.5 Å². The summed E-state index contributed by atoms with van der Waals surface area (Å²) in [6.45, 7) is 3.44. The third-order valence-corrected chi connectivity index (χ3v) is 11.8. The Kier molecular flexibility index (Phi) is 15.4. The summed E-state index contributed by atoms with van der Waals surface area (Å²) in [7, 11) is 0. The summed E-state index contributed by atoms with van der Waals surface area (Å²) < 4.78 is 2.53. The second kappa shape index (κ2) is 22.5. The fourth-order valence-corrected chi connectivity index (χ4v) is 8.56. The lowest BCUT2D eigenvalue weighted by Gasteiger charge is -2.07. The van der Waals surface area contributed by atoms with Gasteiger partial charge in [-0.25, -0.2) is 9.97 Å². The van der Waals surface area contributed by atoms with Gasteiger partial charge in [-0.15, -0.1) is 0 Å². The number of benzene rings is 3. The fraction of sp³-hybridized carbons (Fsp3) is 0.286. The first-order chi connectivity index (χ1) is 31.2. The molecule has 7 nitrogen and oxygen atoms in total. The molecule has 8 bridgehead atoms. The molecule has 320 valence electrons. The second-order valence-corrected chi connectivity index (χ2v) is 16.7. The minimum Gasteiger partial charge on any atom is -0.355 e. The van der Waals surface area contributed by atoms with Crippen molar-refractivity contribution < 1.29 is 0 Å². The van der Waals surface area contributed by atoms with Crippen molar-refractivity contribution in [3.05, 3.63) is 156 Å². The van der Waals surface area contributed by atoms with Gasteiger partial charge in [0.1, 0.15) is 0 Å². The summed E-state index contributed by atoms with van der Waals surface area (Å²) in [6, 6.07) is 41.9. The van der Waals surface area contributed by atoms with Crippen molar-refractivity contribution in [2.75, 3.05) is 0 Å². The number of unbranched alkanes of at least 4 members (excludes halogenated alkanes) is 13. The lowest BCUT2D eigenvalue weighted by atomic mass is 10.0. The minimum atomic E-state index is 0.915. The summed E-state index contributed by atoms with van der Waals surface area (Å²) in [5.41, 5.74) is 12.5. The molecule has 0 saturated heterocycles. The molecule has 0 fully saturated rings. The van der Waals surface area contributed by atoms with Crippen molar-refractivity contribution in [2.24, 2.45) is 0 Å². The number of aromatic amines is 2. The highest BCUT2D eigenvalue weighted by Gasteiger charge is 2.09. The van der Waals surface area contributed by atoms with Crippen molar-refractivity contribution >= 4 is 79.2 Å². The van der Waals surface area contributed by atoms with Crippen LogP contribution in [0, 0.1) is 0 Å². The van der Waals surface area contributed by atoms with E-state index in [2.05, 4.69) is 120 Å². The predicted octanol–water partition coefficient (Wildman–Crippen LogP) is 15.6. The normalized spacial score (nSPS) is 11.8. The van der Waals surface area contributed by atoms with E-state index < -0.39 is 0 Å². The van der Waals surface area contributed by atoms with E-state index in [4.69, 9.17) is 0 Å². The Morgan fingerprint density at radius 3 is 1.24 bits per heavy atom. The SMILES string of the molecule is C1=Cc2cc3ccc(cc4ccc(cc5nc(cc1n2)C=C5)[nH]4)[nH]3.CCCCCCCCCCCCCCCCn1c2ccccc2c2ccccc21.c1ccc2nccnc2c1. The van der Waals surface area contributed by atoms with E-state index in [1.54, 1.807) is 12.4 Å². The number of nitrogens with zero attached hydrogens (tertiary/aromatic N) is 5. The molecule has 63 heavy (non-hydrogen) atoms. The minimum absolute atomic E-state index is 0.915. The molecule has 2 N–H and O–H groups in total. The molecule has 0 atom stereocenters. The number of hydrogen-bond donors (Lipinski definition) is 2. The van der Waals surface area contributed by atoms with E-state index in [-0.39, 0.29) is 0 Å². The molecule has 5 aromatic heterocycles. The highest BCUT2D eigenvalue weighted by molar-refractivity contribution is 6.08. The highest BCUT2D eigenvalue weighted by Crippen LogP contribution is 2.29. The zero-order valence-corrected chi connectivity index (χ0v) is 36.9. The van der Waals surface area contributed by atoms with Gasteiger partial charge in [-0.2, -0.15) is 0 Å². The average molecular weight is 832 g/mol. The van der Waals surface area contributed by atoms with Crippen LogP contribution in [0.25, 0.3) is 79.2 Å². The lowest BCUT2D eigenvalue weighted by Crippen LogP contribution is -1.97. The Balaban J connectivity index is 0.000000143. The molecule has 7 heteroatoms. The summed E-state index contributed by atoms with van der Waals surface area (Å²) in [5.74, 6) is 0. The molecule has 3 aromatic carbocycles. The number of para-hydroxylation sites is 4. The number of hydrogen-bond acceptors (Lipinski definition) is 4. The molecule has 2 aliphatic heterocycles. The van der Waals surface area contributed by atoms with Gasteiger partial charge in [0.25, 0.3) is 0 Å². The standard InChI is InChI=1S/C28H41N.C20H14N4.C8H6N2/c1-2-3-4-5-6-7-8-9-10-11-12-13-14-19-24-29-27-22-17-15-20-25(27)26-21-16-18-23-28(26)29;1-2-14-10-16-5-6-18(23-16)12-20-8-7-19(24-20)11-17-4-3-15(22-17)9-13(1)21-14;1-2-4-8-7(3-1)9-5-6-10-8/h15-18,20-23H,2-14,19,24H2,1H3;1-12,21-22H;1-6H. The van der Waals surface area contributed by atoms with Crippen LogP contribution < -0.4 is 0 Å². The Hall–Kier alpha value is -6.60. The third-order valence-electron chi connectivity index (χ3n) is 11.8. The van der Waals surface area contributed by atoms with Gasteiger partial charge in [0.2, 0.25) is 0 Å². The monoisotopic (exact) mass is 831 g/mol. The maximum atomic E-state index is 4.62. The Bertz CT molecular complexity index is 2720. The van der Waals surface area contributed by atoms with Gasteiger partial charge in [-0.05, 0) is 104 Å². The summed E-state index contributed by atoms with van der Waals surface area (Å²) >= 11 is 0. The zero-order valence-electron chi connectivity index (χ0n) is 36.9. The quantitative estimate of drug-likeness (QED) is 0.101. The van der Waals surface area contributed by atoms with Crippen LogP contribution in [0.3, 0.4) is 0 Å². The van der Waals surface area contributed by atoms with Crippen LogP contribution in [-0.4, -0.2) is 34.5 Å². The number of aryl methyl sites for hydroxylation is 1. The van der Waals surface area contributed by atoms with E-state index in [0.29, 0.717) is 0 Å². The Morgan fingerprint density at radius 2 is 0.778 bits per heavy atom. The largest absolute Gasteiger partial charge is 0.355 e. The van der Waals surface area contributed by atoms with Gasteiger partial charge in [-0.3, -0.25) is 9.97 Å². The van der Waals surface area contributed by atoms with Gasteiger partial charge in [-0.1, -0.05) is 139 Å². The van der Waals surface area contributed by atoms with Crippen LogP contribution in [0.5, 0.6) is 0 Å². The molecule has 0 spiro atoms. The fourth-order valence-electron chi connectivity index (χ4n) is 8.56. The van der Waals surface area contributed by atoms with E-state index in [1.165, 1.54) is 112 Å². The van der Waals surface area contributed by atoms with Gasteiger partial charge in [0, 0.05) is 62.8 Å². The smallest absolute Gasteiger partial charge is 0.0886 e. The first-order valence-electron chi connectivity index (χ1n) is 23.3. The van der Waals surface area contributed by atoms with E-state index in [0.717, 1.165) is 62.4 Å². The summed E-state index contributed by atoms with van der Waals surface area (Å²) in [4.78, 5) is 24.3. The van der Waals surface area contributed by atoms with Crippen LogP contribution >= 0.6 is 0 Å². The average Bonchev–Trinajstić information content (AvgIpc) is 4.18. The van der Waals surface area contributed by atoms with Gasteiger partial charge >= 0.3 is 0 Å². The summed E-state index contributed by atoms with van der Waals surface area (Å²) in [6.07, 6.45) is 31.3. The van der Waals surface area contributed by atoms with Crippen LogP contribution in [0.2, 0.25) is 0 Å². The molecular formula is C56H61N7. The molecule has 0 radical (unpaired) electrons. The van der Waals surface area contributed by atoms with Crippen LogP contribution in [-0.2, 0) is 6.54 Å². The first-order valence-corrected chi connectivity index (χ1v) is 23.3. The van der Waals surface area contributed by atoms with E-state index >= 15 is 0 Å². The van der Waals surface area contributed by atoms with Crippen molar-refractivity contribution in [1.82, 2.24) is 34.5 Å². The molecule has 0 saturated carbocycles. The Morgan fingerprint density at radius 1 is 0.397 bits per heavy atom. The van der Waals surface area contributed by atoms with Crippen LogP contribution in [0.4, 0.5) is 0 Å². The number of nitrogens with one attached hydrogen (secondary N) is 2. The molecule has 0 unspecified atom stereocenters. The van der Waals surface area contributed by atoms with Crippen molar-refractivity contribution in [1.29, 1.82) is 0 Å². The molecule has 0 amide bonds. The van der Waals surface area contributed by atoms with Crippen LogP contribution in [0.1, 0.15) is 120 Å². The number of aromatic nitrogens is 7. The lowest BCUT2D eigenvalue weighted by molar-refractivity contribution is 0.528. The highest BCUT2D eigenvalue weighted by atomic mass is 15.0. The molecule has 7 heterocycles. The third kappa shape index (κ3) is 12.3. The molecule has 2 aliphatic rings. The topological polar surface area (TPSA) is 88.1 Å². The van der Waals surface area contributed by atoms with Crippen molar-refractivity contribution in [2.45, 2.75) is 103 Å². The van der Waals surface area contributed by atoms with Crippen molar-refractivity contribution in [3.8, 4) is 0 Å². The van der Waals surface area contributed by atoms with E-state index in [9.17, 15) is 0 Å². The maximum absolute atomic E-state index is 4.62.